The Balaban J connectivity index is 1.88. The lowest BCUT2D eigenvalue weighted by Gasteiger charge is -2.14. The van der Waals surface area contributed by atoms with Gasteiger partial charge in [0.2, 0.25) is 10.0 Å². The van der Waals surface area contributed by atoms with E-state index in [2.05, 4.69) is 15.6 Å². The molecule has 0 saturated heterocycles. The van der Waals surface area contributed by atoms with E-state index in [0.717, 1.165) is 21.5 Å². The minimum Gasteiger partial charge on any atom is -0.337 e. The first kappa shape index (κ1) is 16.7. The van der Waals surface area contributed by atoms with Crippen molar-refractivity contribution in [1.82, 2.24) is 14.6 Å². The number of hydrogen-bond donors (Lipinski definition) is 2. The van der Waals surface area contributed by atoms with Crippen molar-refractivity contribution in [3.05, 3.63) is 23.2 Å². The number of nitrogens with zero attached hydrogens (tertiary/aromatic N) is 2. The smallest absolute Gasteiger partial charge is 0.319 e. The summed E-state index contributed by atoms with van der Waals surface area (Å²) in [4.78, 5) is 16.1. The molecule has 1 aromatic carbocycles. The number of amides is 2. The second kappa shape index (κ2) is 6.59. The van der Waals surface area contributed by atoms with Crippen molar-refractivity contribution < 1.29 is 13.2 Å². The van der Waals surface area contributed by atoms with Crippen LogP contribution in [0.3, 0.4) is 0 Å². The molecule has 0 saturated carbocycles. The third-order valence-corrected chi connectivity index (χ3v) is 5.28. The number of fused-ring (bicyclic) bond motifs is 1. The zero-order valence-corrected chi connectivity index (χ0v) is 14.2. The maximum Gasteiger partial charge on any atom is 0.319 e. The van der Waals surface area contributed by atoms with Gasteiger partial charge in [-0.15, -0.1) is 11.3 Å². The van der Waals surface area contributed by atoms with E-state index < -0.39 is 10.0 Å². The second-order valence-electron chi connectivity index (χ2n) is 4.88. The molecule has 1 heterocycles. The molecule has 2 aromatic rings. The molecule has 2 rings (SSSR count). The highest BCUT2D eigenvalue weighted by atomic mass is 32.2. The van der Waals surface area contributed by atoms with Crippen LogP contribution in [0.25, 0.3) is 10.2 Å². The number of hydrogen-bond acceptors (Lipinski definition) is 5. The van der Waals surface area contributed by atoms with Crippen LogP contribution < -0.4 is 10.6 Å². The fourth-order valence-corrected chi connectivity index (χ4v) is 3.07. The van der Waals surface area contributed by atoms with Crippen LogP contribution in [0, 0.1) is 6.92 Å². The standard InChI is InChI=1S/C13H18N4O3S2/c1-9-15-11-5-4-10(8-12(11)21-9)16-13(18)14-6-7-17(2)22(3,19)20/h4-5,8H,6-7H2,1-3H3,(H2,14,16,18). The van der Waals surface area contributed by atoms with Gasteiger partial charge in [-0.05, 0) is 25.1 Å². The number of aromatic nitrogens is 1. The molecule has 9 heteroatoms. The minimum atomic E-state index is -3.23. The van der Waals surface area contributed by atoms with E-state index in [0.29, 0.717) is 5.69 Å². The largest absolute Gasteiger partial charge is 0.337 e. The van der Waals surface area contributed by atoms with E-state index in [-0.39, 0.29) is 19.1 Å². The third kappa shape index (κ3) is 4.39. The summed E-state index contributed by atoms with van der Waals surface area (Å²) in [6, 6.07) is 5.13. The molecule has 7 nitrogen and oxygen atoms in total. The molecule has 0 aliphatic carbocycles. The Hall–Kier alpha value is -1.71. The molecule has 2 amide bonds. The van der Waals surface area contributed by atoms with E-state index in [4.69, 9.17) is 0 Å². The van der Waals surface area contributed by atoms with Crippen molar-refractivity contribution in [1.29, 1.82) is 0 Å². The van der Waals surface area contributed by atoms with Gasteiger partial charge in [-0.3, -0.25) is 0 Å². The number of sulfonamides is 1. The first-order chi connectivity index (χ1) is 10.3. The van der Waals surface area contributed by atoms with Gasteiger partial charge in [0.25, 0.3) is 0 Å². The van der Waals surface area contributed by atoms with Crippen molar-refractivity contribution in [2.45, 2.75) is 6.92 Å². The monoisotopic (exact) mass is 342 g/mol. The summed E-state index contributed by atoms with van der Waals surface area (Å²) >= 11 is 1.56. The number of carbonyl (C=O) groups is 1. The Morgan fingerprint density at radius 1 is 1.41 bits per heavy atom. The summed E-state index contributed by atoms with van der Waals surface area (Å²) in [6.07, 6.45) is 1.12. The van der Waals surface area contributed by atoms with Gasteiger partial charge < -0.3 is 10.6 Å². The lowest BCUT2D eigenvalue weighted by atomic mass is 10.3. The average molecular weight is 342 g/mol. The van der Waals surface area contributed by atoms with E-state index in [9.17, 15) is 13.2 Å². The van der Waals surface area contributed by atoms with E-state index in [1.54, 1.807) is 17.4 Å². The van der Waals surface area contributed by atoms with E-state index in [1.165, 1.54) is 11.4 Å². The maximum absolute atomic E-state index is 11.8. The van der Waals surface area contributed by atoms with Gasteiger partial charge in [0.05, 0.1) is 21.5 Å². The Labute approximate surface area is 133 Å². The first-order valence-electron chi connectivity index (χ1n) is 6.59. The summed E-state index contributed by atoms with van der Waals surface area (Å²) in [5, 5.41) is 6.31. The maximum atomic E-state index is 11.8. The molecule has 2 N–H and O–H groups in total. The average Bonchev–Trinajstić information content (AvgIpc) is 2.76. The van der Waals surface area contributed by atoms with Crippen LogP contribution in [0.1, 0.15) is 5.01 Å². The van der Waals surface area contributed by atoms with Gasteiger partial charge in [0.15, 0.2) is 0 Å². The number of thiazole rings is 1. The van der Waals surface area contributed by atoms with Crippen LogP contribution in [0.4, 0.5) is 10.5 Å². The second-order valence-corrected chi connectivity index (χ2v) is 8.20. The molecule has 0 radical (unpaired) electrons. The summed E-state index contributed by atoms with van der Waals surface area (Å²) in [7, 11) is -1.76. The molecule has 0 aliphatic rings. The molecule has 0 spiro atoms. The summed E-state index contributed by atoms with van der Waals surface area (Å²) in [5.74, 6) is 0. The van der Waals surface area contributed by atoms with Crippen molar-refractivity contribution in [2.24, 2.45) is 0 Å². The quantitative estimate of drug-likeness (QED) is 0.864. The number of rotatable bonds is 5. The van der Waals surface area contributed by atoms with Gasteiger partial charge in [-0.1, -0.05) is 0 Å². The highest BCUT2D eigenvalue weighted by molar-refractivity contribution is 7.88. The van der Waals surface area contributed by atoms with Crippen LogP contribution in [-0.4, -0.2) is 50.1 Å². The van der Waals surface area contributed by atoms with Gasteiger partial charge in [-0.2, -0.15) is 0 Å². The lowest BCUT2D eigenvalue weighted by molar-refractivity contribution is 0.251. The molecule has 0 bridgehead atoms. The lowest BCUT2D eigenvalue weighted by Crippen LogP contribution is -2.37. The van der Waals surface area contributed by atoms with Gasteiger partial charge >= 0.3 is 6.03 Å². The molecule has 120 valence electrons. The normalized spacial score (nSPS) is 11.8. The first-order valence-corrected chi connectivity index (χ1v) is 9.25. The summed E-state index contributed by atoms with van der Waals surface area (Å²) in [5.41, 5.74) is 1.58. The van der Waals surface area contributed by atoms with Crippen LogP contribution in [0.15, 0.2) is 18.2 Å². The van der Waals surface area contributed by atoms with Gasteiger partial charge in [0.1, 0.15) is 0 Å². The molecule has 1 aromatic heterocycles. The molecule has 0 aliphatic heterocycles. The van der Waals surface area contributed by atoms with Crippen LogP contribution in [-0.2, 0) is 10.0 Å². The van der Waals surface area contributed by atoms with Crippen molar-refractivity contribution in [3.63, 3.8) is 0 Å². The minimum absolute atomic E-state index is 0.222. The zero-order valence-electron chi connectivity index (χ0n) is 12.6. The molecule has 0 atom stereocenters. The van der Waals surface area contributed by atoms with E-state index in [1.807, 2.05) is 19.1 Å². The zero-order chi connectivity index (χ0) is 16.3. The van der Waals surface area contributed by atoms with Crippen molar-refractivity contribution >= 4 is 43.3 Å². The number of likely N-dealkylation sites (N-methyl/N-ethyl adjacent to an activating group) is 1. The fraction of sp³-hybridized carbons (Fsp3) is 0.385. The molecule has 0 unspecified atom stereocenters. The predicted molar refractivity (Wildman–Crippen MR) is 88.9 cm³/mol. The Morgan fingerprint density at radius 2 is 2.14 bits per heavy atom. The van der Waals surface area contributed by atoms with Crippen molar-refractivity contribution in [2.75, 3.05) is 31.7 Å². The number of urea groups is 1. The number of anilines is 1. The predicted octanol–water partition coefficient (Wildman–Crippen LogP) is 1.62. The fourth-order valence-electron chi connectivity index (χ4n) is 1.79. The highest BCUT2D eigenvalue weighted by Gasteiger charge is 2.10. The third-order valence-electron chi connectivity index (χ3n) is 3.03. The number of nitrogens with one attached hydrogen (secondary N) is 2. The Kier molecular flexibility index (Phi) is 4.99. The number of aryl methyl sites for hydroxylation is 1. The van der Waals surface area contributed by atoms with Crippen LogP contribution in [0.5, 0.6) is 0 Å². The molecular weight excluding hydrogens is 324 g/mol. The molecule has 22 heavy (non-hydrogen) atoms. The van der Waals surface area contributed by atoms with Crippen LogP contribution >= 0.6 is 11.3 Å². The Bertz CT molecular complexity index is 786. The molecule has 0 fully saturated rings. The van der Waals surface area contributed by atoms with Crippen molar-refractivity contribution in [3.8, 4) is 0 Å². The van der Waals surface area contributed by atoms with Gasteiger partial charge in [0, 0.05) is 25.8 Å². The Morgan fingerprint density at radius 3 is 2.82 bits per heavy atom. The van der Waals surface area contributed by atoms with Crippen LogP contribution in [0.2, 0.25) is 0 Å². The summed E-state index contributed by atoms with van der Waals surface area (Å²) < 4.78 is 24.6. The van der Waals surface area contributed by atoms with E-state index >= 15 is 0 Å². The SMILES string of the molecule is Cc1nc2ccc(NC(=O)NCCN(C)S(C)(=O)=O)cc2s1. The highest BCUT2D eigenvalue weighted by Crippen LogP contribution is 2.24. The topological polar surface area (TPSA) is 91.4 Å². The number of benzene rings is 1. The van der Waals surface area contributed by atoms with Gasteiger partial charge in [-0.25, -0.2) is 22.5 Å². The molecular formula is C13H18N4O3S2. The number of carbonyl (C=O) groups excluding carboxylic acids is 1. The summed E-state index contributed by atoms with van der Waals surface area (Å²) in [6.45, 7) is 2.39.